The van der Waals surface area contributed by atoms with Gasteiger partial charge in [-0.05, 0) is 95.1 Å². The molecule has 0 aliphatic heterocycles. The Morgan fingerprint density at radius 1 is 0.250 bits per heavy atom. The minimum Gasteiger partial charge on any atom is -0.309 e. The Balaban J connectivity index is 1.01. The Morgan fingerprint density at radius 3 is 1.50 bits per heavy atom. The zero-order chi connectivity index (χ0) is 37.0. The van der Waals surface area contributed by atoms with Gasteiger partial charge in [0.2, 0.25) is 0 Å². The molecule has 11 aromatic rings. The molecule has 11 rings (SSSR count). The van der Waals surface area contributed by atoms with E-state index in [9.17, 15) is 0 Å². The largest absolute Gasteiger partial charge is 0.309 e. The van der Waals surface area contributed by atoms with Crippen LogP contribution in [0, 0.1) is 0 Å². The molecule has 0 N–H and O–H groups in total. The first kappa shape index (κ1) is 32.0. The molecule has 0 amide bonds. The molecule has 3 nitrogen and oxygen atoms in total. The monoisotopic (exact) mass is 713 g/mol. The fourth-order valence-electron chi connectivity index (χ4n) is 8.49. The lowest BCUT2D eigenvalue weighted by atomic mass is 10.0. The van der Waals surface area contributed by atoms with E-state index in [1.165, 1.54) is 65.9 Å². The summed E-state index contributed by atoms with van der Waals surface area (Å²) in [7, 11) is 0. The van der Waals surface area contributed by atoms with Crippen LogP contribution in [0.15, 0.2) is 212 Å². The molecule has 0 fully saturated rings. The molecule has 262 valence electrons. The number of fused-ring (bicyclic) bond motifs is 6. The van der Waals surface area contributed by atoms with Gasteiger partial charge in [0.25, 0.3) is 0 Å². The normalized spacial score (nSPS) is 11.6. The lowest BCUT2D eigenvalue weighted by Crippen LogP contribution is -1.95. The van der Waals surface area contributed by atoms with Crippen LogP contribution in [0.3, 0.4) is 0 Å². The number of para-hydroxylation sites is 3. The van der Waals surface area contributed by atoms with Crippen molar-refractivity contribution in [3.63, 3.8) is 0 Å². The van der Waals surface area contributed by atoms with Gasteiger partial charge in [-0.25, -0.2) is 4.98 Å². The van der Waals surface area contributed by atoms with Gasteiger partial charge in [-0.1, -0.05) is 140 Å². The second kappa shape index (κ2) is 13.1. The Hall–Kier alpha value is -7.49. The quantitative estimate of drug-likeness (QED) is 0.168. The molecule has 0 saturated heterocycles. The van der Waals surface area contributed by atoms with E-state index in [1.54, 1.807) is 0 Å². The van der Waals surface area contributed by atoms with Gasteiger partial charge in [-0.3, -0.25) is 0 Å². The predicted octanol–water partition coefficient (Wildman–Crippen LogP) is 13.9. The Morgan fingerprint density at radius 2 is 0.732 bits per heavy atom. The van der Waals surface area contributed by atoms with E-state index < -0.39 is 0 Å². The molecule has 0 radical (unpaired) electrons. The second-order valence-electron chi connectivity index (χ2n) is 14.4. The van der Waals surface area contributed by atoms with Crippen molar-refractivity contribution in [3.05, 3.63) is 212 Å². The van der Waals surface area contributed by atoms with Crippen LogP contribution in [0.4, 0.5) is 0 Å². The molecular weight excluding hydrogens is 679 g/mol. The number of pyridine rings is 1. The molecule has 0 atom stereocenters. The molecule has 0 aliphatic rings. The van der Waals surface area contributed by atoms with Crippen molar-refractivity contribution in [2.24, 2.45) is 0 Å². The van der Waals surface area contributed by atoms with Crippen molar-refractivity contribution in [2.75, 3.05) is 0 Å². The highest BCUT2D eigenvalue weighted by atomic mass is 15.0. The van der Waals surface area contributed by atoms with E-state index in [4.69, 9.17) is 4.98 Å². The molecule has 0 aliphatic carbocycles. The average Bonchev–Trinajstić information content (AvgIpc) is 3.79. The first-order valence-corrected chi connectivity index (χ1v) is 19.1. The minimum atomic E-state index is 0.945. The summed E-state index contributed by atoms with van der Waals surface area (Å²) >= 11 is 0. The maximum atomic E-state index is 5.19. The van der Waals surface area contributed by atoms with Gasteiger partial charge < -0.3 is 9.13 Å². The molecule has 0 spiro atoms. The van der Waals surface area contributed by atoms with E-state index in [-0.39, 0.29) is 0 Å². The lowest BCUT2D eigenvalue weighted by molar-refractivity contribution is 1.18. The summed E-state index contributed by atoms with van der Waals surface area (Å²) in [6, 6.07) is 76.2. The summed E-state index contributed by atoms with van der Waals surface area (Å²) in [5, 5.41) is 4.97. The summed E-state index contributed by atoms with van der Waals surface area (Å²) in [6.07, 6.45) is 0. The molecule has 3 aromatic heterocycles. The highest BCUT2D eigenvalue weighted by Crippen LogP contribution is 2.39. The van der Waals surface area contributed by atoms with Gasteiger partial charge in [0, 0.05) is 44.0 Å². The summed E-state index contributed by atoms with van der Waals surface area (Å²) < 4.78 is 4.78. The summed E-state index contributed by atoms with van der Waals surface area (Å²) in [4.78, 5) is 5.19. The lowest BCUT2D eigenvalue weighted by Gasteiger charge is -2.12. The second-order valence-corrected chi connectivity index (χ2v) is 14.4. The zero-order valence-electron chi connectivity index (χ0n) is 30.5. The summed E-state index contributed by atoms with van der Waals surface area (Å²) in [5.74, 6) is 0. The number of hydrogen-bond donors (Lipinski definition) is 0. The van der Waals surface area contributed by atoms with Crippen LogP contribution in [-0.2, 0) is 0 Å². The Kier molecular flexibility index (Phi) is 7.49. The molecular formula is C53H35N3. The van der Waals surface area contributed by atoms with Gasteiger partial charge in [0.15, 0.2) is 0 Å². The summed E-state index contributed by atoms with van der Waals surface area (Å²) in [5.41, 5.74) is 15.9. The van der Waals surface area contributed by atoms with Gasteiger partial charge in [-0.15, -0.1) is 0 Å². The van der Waals surface area contributed by atoms with Crippen molar-refractivity contribution in [2.45, 2.75) is 0 Å². The fourth-order valence-corrected chi connectivity index (χ4v) is 8.49. The van der Waals surface area contributed by atoms with E-state index in [0.29, 0.717) is 0 Å². The smallest absolute Gasteiger partial charge is 0.0710 e. The first-order valence-electron chi connectivity index (χ1n) is 19.1. The Labute approximate surface area is 325 Å². The maximum absolute atomic E-state index is 5.19. The zero-order valence-corrected chi connectivity index (χ0v) is 30.5. The SMILES string of the molecule is c1ccc(-c2cccc(-c3cccc(-c4cccc(-n5c6ccccc6c6cc(-c7ccc8c9ccccc9n(-c9ccccc9)c8c7)ccc65)c4)n3)c2)cc1. The third-order valence-corrected chi connectivity index (χ3v) is 11.1. The van der Waals surface area contributed by atoms with E-state index >= 15 is 0 Å². The van der Waals surface area contributed by atoms with Crippen LogP contribution in [-0.4, -0.2) is 14.1 Å². The molecule has 8 aromatic carbocycles. The fraction of sp³-hybridized carbons (Fsp3) is 0. The number of nitrogens with zero attached hydrogens (tertiary/aromatic N) is 3. The van der Waals surface area contributed by atoms with Crippen LogP contribution in [0.1, 0.15) is 0 Å². The van der Waals surface area contributed by atoms with E-state index in [0.717, 1.165) is 33.9 Å². The molecule has 3 heterocycles. The topological polar surface area (TPSA) is 22.8 Å². The third kappa shape index (κ3) is 5.32. The maximum Gasteiger partial charge on any atom is 0.0710 e. The minimum absolute atomic E-state index is 0.945. The Bertz CT molecular complexity index is 3240. The van der Waals surface area contributed by atoms with Gasteiger partial charge in [0.05, 0.1) is 33.5 Å². The van der Waals surface area contributed by atoms with Crippen molar-refractivity contribution in [1.82, 2.24) is 14.1 Å². The molecule has 3 heteroatoms. The predicted molar refractivity (Wildman–Crippen MR) is 235 cm³/mol. The number of benzene rings is 8. The molecule has 0 bridgehead atoms. The van der Waals surface area contributed by atoms with Gasteiger partial charge >= 0.3 is 0 Å². The van der Waals surface area contributed by atoms with E-state index in [2.05, 4.69) is 221 Å². The van der Waals surface area contributed by atoms with Crippen molar-refractivity contribution < 1.29 is 0 Å². The van der Waals surface area contributed by atoms with Crippen molar-refractivity contribution >= 4 is 43.6 Å². The molecule has 0 unspecified atom stereocenters. The average molecular weight is 714 g/mol. The number of rotatable bonds is 6. The van der Waals surface area contributed by atoms with Crippen molar-refractivity contribution in [3.8, 4) is 56.1 Å². The van der Waals surface area contributed by atoms with Gasteiger partial charge in [-0.2, -0.15) is 0 Å². The standard InChI is InChI=1S/C53H35N3/c1-3-14-36(15-4-1)37-16-11-17-40(32-37)48-24-13-25-49(54-48)41-18-12-21-43(33-41)56-51-27-10-8-23-45(51)47-34-38(29-31-52(47)56)39-28-30-46-44-22-7-9-26-50(44)55(53(46)35-39)42-19-5-2-6-20-42/h1-35H. The number of aromatic nitrogens is 3. The first-order chi connectivity index (χ1) is 27.8. The summed E-state index contributed by atoms with van der Waals surface area (Å²) in [6.45, 7) is 0. The number of hydrogen-bond acceptors (Lipinski definition) is 1. The third-order valence-electron chi connectivity index (χ3n) is 11.1. The van der Waals surface area contributed by atoms with Crippen LogP contribution in [0.2, 0.25) is 0 Å². The van der Waals surface area contributed by atoms with Crippen LogP contribution in [0.5, 0.6) is 0 Å². The van der Waals surface area contributed by atoms with Crippen LogP contribution >= 0.6 is 0 Å². The highest BCUT2D eigenvalue weighted by Gasteiger charge is 2.17. The van der Waals surface area contributed by atoms with Crippen molar-refractivity contribution in [1.29, 1.82) is 0 Å². The molecule has 56 heavy (non-hydrogen) atoms. The van der Waals surface area contributed by atoms with E-state index in [1.807, 2.05) is 0 Å². The van der Waals surface area contributed by atoms with Crippen LogP contribution < -0.4 is 0 Å². The van der Waals surface area contributed by atoms with Gasteiger partial charge in [0.1, 0.15) is 0 Å². The van der Waals surface area contributed by atoms with Crippen LogP contribution in [0.25, 0.3) is 99.8 Å². The highest BCUT2D eigenvalue weighted by molar-refractivity contribution is 6.12. The molecule has 0 saturated carbocycles.